The van der Waals surface area contributed by atoms with E-state index in [9.17, 15) is 4.57 Å². The van der Waals surface area contributed by atoms with Crippen molar-refractivity contribution in [2.75, 3.05) is 31.1 Å². The molecule has 2 aromatic carbocycles. The minimum absolute atomic E-state index is 0.361. The van der Waals surface area contributed by atoms with Gasteiger partial charge in [0.2, 0.25) is 5.95 Å². The van der Waals surface area contributed by atoms with Crippen molar-refractivity contribution in [2.45, 2.75) is 13.1 Å². The standard InChI is InChI=1S/C27H27BrN9O2P/c1-37-22-14-29-11-15-9-23(39-2)21(10-16(15)17(22)12-33-37)35-27-32-13-18(28)26(36-27)34-20-6-5-19-24(31-8-7-30-19)25(20)40(3,4)38/h5-10,12-13,29H,11,14H2,1-4H3,(H2,32,34,35,36). The van der Waals surface area contributed by atoms with Crippen LogP contribution in [-0.4, -0.2) is 50.2 Å². The van der Waals surface area contributed by atoms with Crippen LogP contribution in [0.25, 0.3) is 22.2 Å². The fourth-order valence-electron chi connectivity index (χ4n) is 4.93. The van der Waals surface area contributed by atoms with Crippen molar-refractivity contribution < 1.29 is 9.30 Å². The first kappa shape index (κ1) is 26.4. The van der Waals surface area contributed by atoms with Gasteiger partial charge >= 0.3 is 0 Å². The van der Waals surface area contributed by atoms with Gasteiger partial charge < -0.3 is 25.3 Å². The first-order valence-electron chi connectivity index (χ1n) is 12.5. The van der Waals surface area contributed by atoms with E-state index >= 15 is 0 Å². The van der Waals surface area contributed by atoms with E-state index in [2.05, 4.69) is 51.9 Å². The molecule has 0 saturated heterocycles. The highest BCUT2D eigenvalue weighted by Crippen LogP contribution is 2.42. The van der Waals surface area contributed by atoms with Crippen LogP contribution in [0.3, 0.4) is 0 Å². The monoisotopic (exact) mass is 619 g/mol. The van der Waals surface area contributed by atoms with Gasteiger partial charge in [-0.05, 0) is 64.7 Å². The molecule has 0 fully saturated rings. The molecule has 204 valence electrons. The number of anilines is 4. The fraction of sp³-hybridized carbons (Fsp3) is 0.222. The molecule has 0 spiro atoms. The van der Waals surface area contributed by atoms with Crippen molar-refractivity contribution in [3.63, 3.8) is 0 Å². The summed E-state index contributed by atoms with van der Waals surface area (Å²) in [5.74, 6) is 1.53. The zero-order valence-electron chi connectivity index (χ0n) is 22.4. The molecular formula is C27H27BrN9O2P. The molecule has 3 aromatic heterocycles. The third-order valence-corrected chi connectivity index (χ3v) is 8.89. The third-order valence-electron chi connectivity index (χ3n) is 6.78. The number of methoxy groups -OCH3 is 1. The second-order valence-corrected chi connectivity index (χ2v) is 13.8. The molecule has 0 saturated carbocycles. The molecule has 40 heavy (non-hydrogen) atoms. The Balaban J connectivity index is 1.38. The highest BCUT2D eigenvalue weighted by atomic mass is 79.9. The van der Waals surface area contributed by atoms with Crippen LogP contribution in [0.5, 0.6) is 5.75 Å². The number of rotatable bonds is 6. The Morgan fingerprint density at radius 1 is 1.02 bits per heavy atom. The average molecular weight is 620 g/mol. The SMILES string of the molecule is COc1cc2c(cc1Nc1ncc(Br)c(Nc3ccc4nccnc4c3P(C)(C)=O)n1)-c1cnn(C)c1CNC2. The van der Waals surface area contributed by atoms with Gasteiger partial charge in [0, 0.05) is 44.3 Å². The first-order valence-corrected chi connectivity index (χ1v) is 15.9. The lowest BCUT2D eigenvalue weighted by Crippen LogP contribution is -2.14. The van der Waals surface area contributed by atoms with Crippen LogP contribution in [0.15, 0.2) is 53.5 Å². The summed E-state index contributed by atoms with van der Waals surface area (Å²) in [4.78, 5) is 18.1. The van der Waals surface area contributed by atoms with Gasteiger partial charge in [-0.25, -0.2) is 4.98 Å². The normalized spacial score (nSPS) is 12.9. The van der Waals surface area contributed by atoms with Crippen LogP contribution in [0.1, 0.15) is 11.3 Å². The maximum Gasteiger partial charge on any atom is 0.229 e. The van der Waals surface area contributed by atoms with Crippen LogP contribution in [-0.2, 0) is 24.7 Å². The van der Waals surface area contributed by atoms with Crippen LogP contribution in [0.4, 0.5) is 23.1 Å². The summed E-state index contributed by atoms with van der Waals surface area (Å²) in [7, 11) is 0.847. The second kappa shape index (κ2) is 10.3. The largest absolute Gasteiger partial charge is 0.495 e. The van der Waals surface area contributed by atoms with E-state index in [0.717, 1.165) is 34.6 Å². The summed E-state index contributed by atoms with van der Waals surface area (Å²) in [5.41, 5.74) is 7.01. The van der Waals surface area contributed by atoms with Crippen molar-refractivity contribution in [2.24, 2.45) is 7.05 Å². The molecule has 11 nitrogen and oxygen atoms in total. The van der Waals surface area contributed by atoms with E-state index in [1.54, 1.807) is 39.0 Å². The molecule has 13 heteroatoms. The summed E-state index contributed by atoms with van der Waals surface area (Å²) in [6.07, 6.45) is 6.78. The Bertz CT molecular complexity index is 1820. The Morgan fingerprint density at radius 2 is 1.85 bits per heavy atom. The number of halogens is 1. The number of aromatic nitrogens is 6. The molecule has 6 rings (SSSR count). The van der Waals surface area contributed by atoms with Crippen LogP contribution >= 0.6 is 23.1 Å². The van der Waals surface area contributed by atoms with E-state index in [4.69, 9.17) is 9.72 Å². The summed E-state index contributed by atoms with van der Waals surface area (Å²) >= 11 is 3.55. The second-order valence-electron chi connectivity index (χ2n) is 9.82. The van der Waals surface area contributed by atoms with Crippen molar-refractivity contribution in [3.05, 3.63) is 64.8 Å². The van der Waals surface area contributed by atoms with E-state index in [0.29, 0.717) is 50.6 Å². The van der Waals surface area contributed by atoms with Gasteiger partial charge in [0.15, 0.2) is 0 Å². The Labute approximate surface area is 239 Å². The molecule has 0 atom stereocenters. The Kier molecular flexibility index (Phi) is 6.77. The zero-order chi connectivity index (χ0) is 28.0. The van der Waals surface area contributed by atoms with E-state index in [1.807, 2.05) is 42.2 Å². The summed E-state index contributed by atoms with van der Waals surface area (Å²) in [6, 6.07) is 7.76. The molecule has 1 aliphatic rings. The summed E-state index contributed by atoms with van der Waals surface area (Å²) < 4.78 is 21.6. The molecule has 0 bridgehead atoms. The van der Waals surface area contributed by atoms with Gasteiger partial charge in [0.05, 0.1) is 45.7 Å². The van der Waals surface area contributed by atoms with Gasteiger partial charge in [0.1, 0.15) is 24.2 Å². The van der Waals surface area contributed by atoms with E-state index < -0.39 is 7.14 Å². The van der Waals surface area contributed by atoms with Gasteiger partial charge in [0.25, 0.3) is 0 Å². The molecule has 0 unspecified atom stereocenters. The summed E-state index contributed by atoms with van der Waals surface area (Å²) in [5, 5.41) is 15.2. The molecule has 3 N–H and O–H groups in total. The maximum atomic E-state index is 13.3. The predicted molar refractivity (Wildman–Crippen MR) is 161 cm³/mol. The number of nitrogens with zero attached hydrogens (tertiary/aromatic N) is 6. The quantitative estimate of drug-likeness (QED) is 0.225. The number of benzene rings is 2. The number of hydrogen-bond acceptors (Lipinski definition) is 10. The molecule has 0 aliphatic carbocycles. The number of aryl methyl sites for hydroxylation is 1. The smallest absolute Gasteiger partial charge is 0.229 e. The number of nitrogens with one attached hydrogen (secondary N) is 3. The molecule has 5 aromatic rings. The van der Waals surface area contributed by atoms with Gasteiger partial charge in [-0.3, -0.25) is 14.6 Å². The van der Waals surface area contributed by atoms with Crippen molar-refractivity contribution in [3.8, 4) is 16.9 Å². The van der Waals surface area contributed by atoms with Gasteiger partial charge in [-0.2, -0.15) is 10.1 Å². The number of fused-ring (bicyclic) bond motifs is 4. The fourth-order valence-corrected chi connectivity index (χ4v) is 6.61. The molecular weight excluding hydrogens is 593 g/mol. The number of hydrogen-bond donors (Lipinski definition) is 3. The van der Waals surface area contributed by atoms with Crippen LogP contribution in [0, 0.1) is 0 Å². The highest BCUT2D eigenvalue weighted by Gasteiger charge is 2.23. The summed E-state index contributed by atoms with van der Waals surface area (Å²) in [6.45, 7) is 4.87. The van der Waals surface area contributed by atoms with E-state index in [-0.39, 0.29) is 0 Å². The van der Waals surface area contributed by atoms with Gasteiger partial charge in [-0.15, -0.1) is 0 Å². The minimum Gasteiger partial charge on any atom is -0.495 e. The minimum atomic E-state index is -2.74. The lowest BCUT2D eigenvalue weighted by Gasteiger charge is -2.18. The third kappa shape index (κ3) is 4.83. The first-order chi connectivity index (χ1) is 19.2. The molecule has 4 heterocycles. The van der Waals surface area contributed by atoms with Crippen molar-refractivity contribution in [1.29, 1.82) is 0 Å². The van der Waals surface area contributed by atoms with Crippen molar-refractivity contribution >= 4 is 62.6 Å². The van der Waals surface area contributed by atoms with Crippen LogP contribution < -0.4 is 26.0 Å². The molecule has 1 aliphatic heterocycles. The van der Waals surface area contributed by atoms with Crippen LogP contribution in [0.2, 0.25) is 0 Å². The highest BCUT2D eigenvalue weighted by molar-refractivity contribution is 9.10. The molecule has 0 amide bonds. The topological polar surface area (TPSA) is 132 Å². The lowest BCUT2D eigenvalue weighted by molar-refractivity contribution is 0.416. The Morgan fingerprint density at radius 3 is 2.65 bits per heavy atom. The average Bonchev–Trinajstić information content (AvgIpc) is 3.19. The zero-order valence-corrected chi connectivity index (χ0v) is 24.8. The van der Waals surface area contributed by atoms with Crippen molar-refractivity contribution in [1.82, 2.24) is 35.0 Å². The predicted octanol–water partition coefficient (Wildman–Crippen LogP) is 4.93. The van der Waals surface area contributed by atoms with E-state index in [1.165, 1.54) is 0 Å². The van der Waals surface area contributed by atoms with Gasteiger partial charge in [-0.1, -0.05) is 0 Å². The Hall–Kier alpha value is -3.86. The lowest BCUT2D eigenvalue weighted by atomic mass is 9.99. The molecule has 0 radical (unpaired) electrons. The number of ether oxygens (including phenoxy) is 1. The maximum absolute atomic E-state index is 13.3.